The number of carbonyl (C=O) groups excluding carboxylic acids is 2. The van der Waals surface area contributed by atoms with E-state index in [2.05, 4.69) is 4.74 Å². The van der Waals surface area contributed by atoms with Gasteiger partial charge in [0.05, 0.1) is 19.1 Å². The number of benzene rings is 1. The van der Waals surface area contributed by atoms with E-state index in [9.17, 15) is 19.8 Å². The molecule has 114 valence electrons. The van der Waals surface area contributed by atoms with Crippen molar-refractivity contribution in [2.45, 2.75) is 31.7 Å². The van der Waals surface area contributed by atoms with Crippen molar-refractivity contribution in [2.75, 3.05) is 13.7 Å². The quantitative estimate of drug-likeness (QED) is 0.653. The molecule has 1 atom stereocenters. The van der Waals surface area contributed by atoms with Gasteiger partial charge in [0, 0.05) is 12.6 Å². The fraction of sp³-hybridized carbons (Fsp3) is 0.467. The maximum absolute atomic E-state index is 12.6. The van der Waals surface area contributed by atoms with Gasteiger partial charge in [-0.15, -0.1) is 0 Å². The number of phenolic OH excluding ortho intramolecular Hbond substituents is 2. The van der Waals surface area contributed by atoms with Gasteiger partial charge in [0.25, 0.3) is 5.91 Å². The molecule has 1 aliphatic heterocycles. The normalized spacial score (nSPS) is 18.3. The Bertz CT molecular complexity index is 543. The summed E-state index contributed by atoms with van der Waals surface area (Å²) < 4.78 is 4.66. The molecule has 0 aliphatic carbocycles. The summed E-state index contributed by atoms with van der Waals surface area (Å²) in [6.07, 6.45) is 2.66. The first-order chi connectivity index (χ1) is 10.0. The smallest absolute Gasteiger partial charge is 0.307 e. The molecule has 2 N–H and O–H groups in total. The van der Waals surface area contributed by atoms with Gasteiger partial charge in [0.1, 0.15) is 0 Å². The predicted molar refractivity (Wildman–Crippen MR) is 75.1 cm³/mol. The number of rotatable bonds is 3. The van der Waals surface area contributed by atoms with Gasteiger partial charge in [0.15, 0.2) is 11.5 Å². The molecule has 0 aromatic heterocycles. The lowest BCUT2D eigenvalue weighted by Gasteiger charge is -2.35. The number of methoxy groups -OCH3 is 1. The topological polar surface area (TPSA) is 87.1 Å². The summed E-state index contributed by atoms with van der Waals surface area (Å²) in [5.41, 5.74) is 0.0479. The van der Waals surface area contributed by atoms with Gasteiger partial charge in [-0.2, -0.15) is 0 Å². The molecule has 1 fully saturated rings. The van der Waals surface area contributed by atoms with Crippen LogP contribution in [0.3, 0.4) is 0 Å². The highest BCUT2D eigenvalue weighted by Gasteiger charge is 2.31. The van der Waals surface area contributed by atoms with E-state index in [1.54, 1.807) is 4.90 Å². The zero-order valence-corrected chi connectivity index (χ0v) is 11.9. The van der Waals surface area contributed by atoms with Gasteiger partial charge >= 0.3 is 5.97 Å². The van der Waals surface area contributed by atoms with Gasteiger partial charge in [-0.25, -0.2) is 0 Å². The van der Waals surface area contributed by atoms with E-state index in [-0.39, 0.29) is 35.7 Å². The summed E-state index contributed by atoms with van der Waals surface area (Å²) in [5.74, 6) is -1.50. The number of phenols is 2. The third kappa shape index (κ3) is 3.26. The Labute approximate surface area is 122 Å². The lowest BCUT2D eigenvalue weighted by atomic mass is 9.98. The van der Waals surface area contributed by atoms with Crippen LogP contribution < -0.4 is 0 Å². The van der Waals surface area contributed by atoms with Gasteiger partial charge in [-0.05, 0) is 31.4 Å². The molecule has 1 unspecified atom stereocenters. The van der Waals surface area contributed by atoms with E-state index in [0.29, 0.717) is 6.54 Å². The average Bonchev–Trinajstić information content (AvgIpc) is 2.50. The van der Waals surface area contributed by atoms with Crippen LogP contribution in [0.5, 0.6) is 11.5 Å². The number of hydrogen-bond donors (Lipinski definition) is 2. The largest absolute Gasteiger partial charge is 0.504 e. The first kappa shape index (κ1) is 15.2. The second kappa shape index (κ2) is 6.47. The monoisotopic (exact) mass is 293 g/mol. The Hall–Kier alpha value is -2.24. The molecule has 1 saturated heterocycles. The SMILES string of the molecule is COC(=O)CC1CCCCN1C(=O)c1cccc(O)c1O. The molecule has 1 aliphatic rings. The van der Waals surface area contributed by atoms with Gasteiger partial charge in [-0.1, -0.05) is 6.07 Å². The molecular formula is C15H19NO5. The molecule has 1 amide bonds. The fourth-order valence-corrected chi connectivity index (χ4v) is 2.61. The molecule has 6 heteroatoms. The van der Waals surface area contributed by atoms with Crippen molar-refractivity contribution in [1.29, 1.82) is 0 Å². The van der Waals surface area contributed by atoms with Crippen molar-refractivity contribution in [2.24, 2.45) is 0 Å². The first-order valence-corrected chi connectivity index (χ1v) is 6.93. The van der Waals surface area contributed by atoms with Crippen LogP contribution in [-0.4, -0.2) is 46.7 Å². The highest BCUT2D eigenvalue weighted by molar-refractivity contribution is 5.98. The zero-order valence-electron chi connectivity index (χ0n) is 11.9. The Balaban J connectivity index is 2.22. The maximum Gasteiger partial charge on any atom is 0.307 e. The van der Waals surface area contributed by atoms with E-state index in [1.165, 1.54) is 25.3 Å². The number of nitrogens with zero attached hydrogens (tertiary/aromatic N) is 1. The molecule has 6 nitrogen and oxygen atoms in total. The Morgan fingerprint density at radius 2 is 2.10 bits per heavy atom. The average molecular weight is 293 g/mol. The Morgan fingerprint density at radius 3 is 2.81 bits per heavy atom. The third-order valence-corrected chi connectivity index (χ3v) is 3.76. The molecule has 2 rings (SSSR count). The molecule has 1 aromatic carbocycles. The highest BCUT2D eigenvalue weighted by atomic mass is 16.5. The number of esters is 1. The van der Waals surface area contributed by atoms with Crippen molar-refractivity contribution >= 4 is 11.9 Å². The number of para-hydroxylation sites is 1. The Kier molecular flexibility index (Phi) is 4.67. The lowest BCUT2D eigenvalue weighted by molar-refractivity contribution is -0.142. The van der Waals surface area contributed by atoms with Crippen LogP contribution in [0.25, 0.3) is 0 Å². The summed E-state index contributed by atoms with van der Waals surface area (Å²) in [7, 11) is 1.32. The van der Waals surface area contributed by atoms with Crippen molar-refractivity contribution in [1.82, 2.24) is 4.90 Å². The zero-order chi connectivity index (χ0) is 15.4. The van der Waals surface area contributed by atoms with Crippen molar-refractivity contribution in [3.05, 3.63) is 23.8 Å². The van der Waals surface area contributed by atoms with Crippen molar-refractivity contribution in [3.8, 4) is 11.5 Å². The summed E-state index contributed by atoms with van der Waals surface area (Å²) in [5, 5.41) is 19.3. The number of piperidine rings is 1. The summed E-state index contributed by atoms with van der Waals surface area (Å²) in [6.45, 7) is 0.523. The number of carbonyl (C=O) groups is 2. The second-order valence-corrected chi connectivity index (χ2v) is 5.10. The number of likely N-dealkylation sites (tertiary alicyclic amines) is 1. The van der Waals surface area contributed by atoms with Crippen LogP contribution in [0.1, 0.15) is 36.0 Å². The summed E-state index contributed by atoms with van der Waals surface area (Å²) in [4.78, 5) is 25.6. The van der Waals surface area contributed by atoms with Crippen molar-refractivity contribution < 1.29 is 24.5 Å². The minimum Gasteiger partial charge on any atom is -0.504 e. The van der Waals surface area contributed by atoms with E-state index in [1.807, 2.05) is 0 Å². The Morgan fingerprint density at radius 1 is 1.33 bits per heavy atom. The van der Waals surface area contributed by atoms with Gasteiger partial charge in [-0.3, -0.25) is 9.59 Å². The van der Waals surface area contributed by atoms with Crippen LogP contribution in [0, 0.1) is 0 Å². The fourth-order valence-electron chi connectivity index (χ4n) is 2.61. The van der Waals surface area contributed by atoms with Crippen LogP contribution in [0.4, 0.5) is 0 Å². The number of ether oxygens (including phenoxy) is 1. The van der Waals surface area contributed by atoms with Crippen molar-refractivity contribution in [3.63, 3.8) is 0 Å². The molecule has 1 heterocycles. The van der Waals surface area contributed by atoms with Crippen LogP contribution in [0.15, 0.2) is 18.2 Å². The maximum atomic E-state index is 12.6. The van der Waals surface area contributed by atoms with Crippen LogP contribution in [-0.2, 0) is 9.53 Å². The van der Waals surface area contributed by atoms with Gasteiger partial charge in [0.2, 0.25) is 0 Å². The van der Waals surface area contributed by atoms with Gasteiger partial charge < -0.3 is 19.8 Å². The minimum atomic E-state index is -0.426. The summed E-state index contributed by atoms with van der Waals surface area (Å²) >= 11 is 0. The molecule has 0 saturated carbocycles. The van der Waals surface area contributed by atoms with E-state index < -0.39 is 5.75 Å². The minimum absolute atomic E-state index is 0.0479. The molecule has 0 bridgehead atoms. The van der Waals surface area contributed by atoms with E-state index in [4.69, 9.17) is 0 Å². The second-order valence-electron chi connectivity index (χ2n) is 5.10. The van der Waals surface area contributed by atoms with E-state index in [0.717, 1.165) is 19.3 Å². The lowest BCUT2D eigenvalue weighted by Crippen LogP contribution is -2.44. The summed E-state index contributed by atoms with van der Waals surface area (Å²) in [6, 6.07) is 4.04. The molecular weight excluding hydrogens is 274 g/mol. The number of hydrogen-bond acceptors (Lipinski definition) is 5. The third-order valence-electron chi connectivity index (χ3n) is 3.76. The van der Waals surface area contributed by atoms with Crippen LogP contribution in [0.2, 0.25) is 0 Å². The standard InChI is InChI=1S/C15H19NO5/c1-21-13(18)9-10-5-2-3-8-16(10)15(20)11-6-4-7-12(17)14(11)19/h4,6-7,10,17,19H,2-3,5,8-9H2,1H3. The predicted octanol–water partition coefficient (Wildman–Crippen LogP) is 1.66. The number of amides is 1. The highest BCUT2D eigenvalue weighted by Crippen LogP contribution is 2.31. The molecule has 0 spiro atoms. The molecule has 21 heavy (non-hydrogen) atoms. The molecule has 1 aromatic rings. The first-order valence-electron chi connectivity index (χ1n) is 6.93. The number of aromatic hydroxyl groups is 2. The molecule has 0 radical (unpaired) electrons. The van der Waals surface area contributed by atoms with Crippen LogP contribution >= 0.6 is 0 Å². The van der Waals surface area contributed by atoms with E-state index >= 15 is 0 Å².